The van der Waals surface area contributed by atoms with Crippen molar-refractivity contribution in [3.05, 3.63) is 72.9 Å². The number of rotatable bonds is 53. The van der Waals surface area contributed by atoms with Crippen molar-refractivity contribution in [1.29, 1.82) is 0 Å². The van der Waals surface area contributed by atoms with E-state index in [4.69, 9.17) is 18.9 Å². The molecule has 0 aromatic carbocycles. The zero-order chi connectivity index (χ0) is 59.5. The van der Waals surface area contributed by atoms with Crippen molar-refractivity contribution in [3.63, 3.8) is 0 Å². The molecular formula is C68H121NO13. The van der Waals surface area contributed by atoms with Crippen molar-refractivity contribution in [3.8, 4) is 0 Å². The Hall–Kier alpha value is -2.57. The number of hydrogen-bond acceptors (Lipinski definition) is 13. The van der Waals surface area contributed by atoms with Crippen molar-refractivity contribution in [2.75, 3.05) is 19.8 Å². The van der Waals surface area contributed by atoms with Crippen LogP contribution in [0.5, 0.6) is 0 Å². The topological polar surface area (TPSA) is 228 Å². The largest absolute Gasteiger partial charge is 0.394 e. The lowest BCUT2D eigenvalue weighted by molar-refractivity contribution is -0.359. The van der Waals surface area contributed by atoms with Gasteiger partial charge in [-0.1, -0.05) is 260 Å². The molecule has 2 rings (SSSR count). The van der Waals surface area contributed by atoms with Crippen LogP contribution in [0.25, 0.3) is 0 Å². The van der Waals surface area contributed by atoms with Gasteiger partial charge in [-0.05, 0) is 64.2 Å². The molecule has 82 heavy (non-hydrogen) atoms. The average Bonchev–Trinajstić information content (AvgIpc) is 3.52. The molecule has 2 aliphatic heterocycles. The number of carbonyl (C=O) groups excluding carboxylic acids is 1. The summed E-state index contributed by atoms with van der Waals surface area (Å²) in [5.74, 6) is -0.240. The number of ether oxygens (including phenoxy) is 4. The number of amides is 1. The highest BCUT2D eigenvalue weighted by Gasteiger charge is 2.51. The minimum Gasteiger partial charge on any atom is -0.394 e. The quantitative estimate of drug-likeness (QED) is 0.0204. The summed E-state index contributed by atoms with van der Waals surface area (Å²) in [6, 6.07) is -0.917. The second-order valence-electron chi connectivity index (χ2n) is 23.2. The second-order valence-corrected chi connectivity index (χ2v) is 23.2. The van der Waals surface area contributed by atoms with Gasteiger partial charge in [-0.3, -0.25) is 4.79 Å². The first-order valence-corrected chi connectivity index (χ1v) is 33.2. The van der Waals surface area contributed by atoms with Crippen molar-refractivity contribution in [2.45, 2.75) is 331 Å². The highest BCUT2D eigenvalue weighted by molar-refractivity contribution is 5.76. The van der Waals surface area contributed by atoms with Crippen molar-refractivity contribution in [2.24, 2.45) is 0 Å². The lowest BCUT2D eigenvalue weighted by Gasteiger charge is -2.46. The number of allylic oxidation sites excluding steroid dienone is 11. The molecule has 0 saturated carbocycles. The van der Waals surface area contributed by atoms with Gasteiger partial charge >= 0.3 is 0 Å². The van der Waals surface area contributed by atoms with Crippen LogP contribution in [-0.4, -0.2) is 140 Å². The number of unbranched alkanes of at least 4 members (excludes halogenated alkanes) is 30. The fourth-order valence-corrected chi connectivity index (χ4v) is 10.6. The lowest BCUT2D eigenvalue weighted by Crippen LogP contribution is -2.65. The van der Waals surface area contributed by atoms with E-state index in [1.807, 2.05) is 6.08 Å². The van der Waals surface area contributed by atoms with Crippen LogP contribution in [0.1, 0.15) is 258 Å². The standard InChI is InChI=1S/C68H121NO13/c1-3-5-7-9-11-13-15-17-19-21-22-23-24-25-26-27-28-29-30-31-32-33-34-36-38-40-42-44-46-48-50-52-60(73)69-56(57(72)51-49-47-45-43-41-39-37-35-20-18-16-14-12-10-8-6-4-2)55-79-67-65(78)63(76)66(59(54-71)81-67)82-68-64(77)62(75)61(74)58(53-70)80-68/h5,7,11,13,17,19,22-23,25-26,49,51,56-59,61-68,70-72,74-78H,3-4,6,8-10,12,14-16,18,20-21,24,27-48,50,52-55H2,1-2H3,(H,69,73)/b7-5-,13-11-,19-17-,23-22-,26-25-,51-49+. The fraction of sp³-hybridized carbons (Fsp3) is 0.809. The van der Waals surface area contributed by atoms with Crippen LogP contribution in [0, 0.1) is 0 Å². The molecule has 2 fully saturated rings. The van der Waals surface area contributed by atoms with Gasteiger partial charge in [0.2, 0.25) is 5.91 Å². The molecule has 9 N–H and O–H groups in total. The molecule has 14 heteroatoms. The van der Waals surface area contributed by atoms with Gasteiger partial charge in [-0.25, -0.2) is 0 Å². The summed E-state index contributed by atoms with van der Waals surface area (Å²) in [6.45, 7) is 2.70. The van der Waals surface area contributed by atoms with Gasteiger partial charge in [0, 0.05) is 6.42 Å². The Morgan fingerprint density at radius 2 is 0.841 bits per heavy atom. The summed E-state index contributed by atoms with van der Waals surface area (Å²) in [5.41, 5.74) is 0. The monoisotopic (exact) mass is 1160 g/mol. The summed E-state index contributed by atoms with van der Waals surface area (Å²) in [5, 5.41) is 87.3. The molecule has 14 nitrogen and oxygen atoms in total. The molecule has 0 radical (unpaired) electrons. The van der Waals surface area contributed by atoms with E-state index in [9.17, 15) is 45.6 Å². The van der Waals surface area contributed by atoms with Crippen LogP contribution in [0.3, 0.4) is 0 Å². The van der Waals surface area contributed by atoms with Crippen LogP contribution < -0.4 is 5.32 Å². The SMILES string of the molecule is CC/C=C\C/C=C\C/C=C\C/C=C\C/C=C\CCCCCCCCCCCCCCCCCC(=O)NC(COC1OC(CO)C(OC2OC(CO)C(O)C(O)C2O)C(O)C1O)C(O)/C=C/CCCCCCCCCCCCCCCCC. The first kappa shape index (κ1) is 75.5. The van der Waals surface area contributed by atoms with E-state index in [-0.39, 0.29) is 18.9 Å². The minimum atomic E-state index is -1.79. The zero-order valence-electron chi connectivity index (χ0n) is 51.5. The van der Waals surface area contributed by atoms with Gasteiger partial charge in [0.15, 0.2) is 12.6 Å². The van der Waals surface area contributed by atoms with Crippen LogP contribution in [0.4, 0.5) is 0 Å². The Kier molecular flexibility index (Phi) is 48.6. The van der Waals surface area contributed by atoms with Gasteiger partial charge < -0.3 is 65.1 Å². The summed E-state index contributed by atoms with van der Waals surface area (Å²) >= 11 is 0. The first-order valence-electron chi connectivity index (χ1n) is 33.2. The maximum Gasteiger partial charge on any atom is 0.220 e. The maximum atomic E-state index is 13.3. The number of hydrogen-bond donors (Lipinski definition) is 9. The molecule has 2 saturated heterocycles. The number of aliphatic hydroxyl groups excluding tert-OH is 8. The predicted octanol–water partition coefficient (Wildman–Crippen LogP) is 12.7. The van der Waals surface area contributed by atoms with Crippen molar-refractivity contribution >= 4 is 5.91 Å². The Labute approximate surface area is 498 Å². The van der Waals surface area contributed by atoms with E-state index >= 15 is 0 Å². The third-order valence-electron chi connectivity index (χ3n) is 15.9. The molecule has 12 unspecified atom stereocenters. The Balaban J connectivity index is 1.67. The number of nitrogens with one attached hydrogen (secondary N) is 1. The van der Waals surface area contributed by atoms with E-state index in [0.717, 1.165) is 70.6 Å². The Bertz CT molecular complexity index is 1650. The van der Waals surface area contributed by atoms with Gasteiger partial charge in [0.25, 0.3) is 0 Å². The van der Waals surface area contributed by atoms with Crippen LogP contribution in [0.2, 0.25) is 0 Å². The normalized spacial score (nSPS) is 24.4. The van der Waals surface area contributed by atoms with E-state index in [1.165, 1.54) is 161 Å². The molecule has 0 spiro atoms. The van der Waals surface area contributed by atoms with E-state index < -0.39 is 86.8 Å². The predicted molar refractivity (Wildman–Crippen MR) is 332 cm³/mol. The molecule has 0 aromatic heterocycles. The molecule has 476 valence electrons. The maximum absolute atomic E-state index is 13.3. The molecule has 1 amide bonds. The highest BCUT2D eigenvalue weighted by atomic mass is 16.7. The molecule has 0 aliphatic carbocycles. The van der Waals surface area contributed by atoms with Gasteiger partial charge in [-0.15, -0.1) is 0 Å². The minimum absolute atomic E-state index is 0.240. The Morgan fingerprint density at radius 1 is 0.451 bits per heavy atom. The third kappa shape index (κ3) is 37.1. The molecule has 12 atom stereocenters. The summed E-state index contributed by atoms with van der Waals surface area (Å²) < 4.78 is 22.8. The summed E-state index contributed by atoms with van der Waals surface area (Å²) in [4.78, 5) is 13.3. The van der Waals surface area contributed by atoms with E-state index in [0.29, 0.717) is 6.42 Å². The Morgan fingerprint density at radius 3 is 1.29 bits per heavy atom. The van der Waals surface area contributed by atoms with Crippen LogP contribution in [-0.2, 0) is 23.7 Å². The lowest BCUT2D eigenvalue weighted by atomic mass is 9.97. The second kappa shape index (κ2) is 52.7. The summed E-state index contributed by atoms with van der Waals surface area (Å²) in [6.07, 6.45) is 53.7. The van der Waals surface area contributed by atoms with Crippen molar-refractivity contribution < 1.29 is 64.6 Å². The molecule has 0 aromatic rings. The summed E-state index contributed by atoms with van der Waals surface area (Å²) in [7, 11) is 0. The van der Waals surface area contributed by atoms with Crippen LogP contribution in [0.15, 0.2) is 72.9 Å². The van der Waals surface area contributed by atoms with E-state index in [1.54, 1.807) is 6.08 Å². The first-order chi connectivity index (χ1) is 40.1. The molecule has 2 aliphatic rings. The van der Waals surface area contributed by atoms with Gasteiger partial charge in [0.05, 0.1) is 32.0 Å². The molecule has 0 bridgehead atoms. The van der Waals surface area contributed by atoms with E-state index in [2.05, 4.69) is 79.9 Å². The zero-order valence-corrected chi connectivity index (χ0v) is 51.5. The van der Waals surface area contributed by atoms with Crippen molar-refractivity contribution in [1.82, 2.24) is 5.32 Å². The number of carbonyl (C=O) groups is 1. The average molecular weight is 1160 g/mol. The smallest absolute Gasteiger partial charge is 0.220 e. The van der Waals surface area contributed by atoms with Crippen LogP contribution >= 0.6 is 0 Å². The third-order valence-corrected chi connectivity index (χ3v) is 15.9. The van der Waals surface area contributed by atoms with Gasteiger partial charge in [-0.2, -0.15) is 0 Å². The van der Waals surface area contributed by atoms with Gasteiger partial charge in [0.1, 0.15) is 48.8 Å². The number of aliphatic hydroxyl groups is 8. The fourth-order valence-electron chi connectivity index (χ4n) is 10.6. The highest BCUT2D eigenvalue weighted by Crippen LogP contribution is 2.30. The molecular weight excluding hydrogens is 1040 g/mol. The molecule has 2 heterocycles.